The Morgan fingerprint density at radius 1 is 1.23 bits per heavy atom. The van der Waals surface area contributed by atoms with Crippen LogP contribution in [0.3, 0.4) is 0 Å². The SMILES string of the molecule is Cc1nc(CSc2ccc(C(=O)N(Cc3ccsc3)C3CC3)cc2)cs1. The van der Waals surface area contributed by atoms with Gasteiger partial charge in [0.05, 0.1) is 10.7 Å². The van der Waals surface area contributed by atoms with E-state index in [2.05, 4.69) is 27.2 Å². The summed E-state index contributed by atoms with van der Waals surface area (Å²) >= 11 is 5.13. The van der Waals surface area contributed by atoms with Gasteiger partial charge in [-0.15, -0.1) is 23.1 Å². The number of hydrogen-bond acceptors (Lipinski definition) is 5. The van der Waals surface area contributed by atoms with Gasteiger partial charge >= 0.3 is 0 Å². The number of benzene rings is 1. The predicted octanol–water partition coefficient (Wildman–Crippen LogP) is 5.61. The topological polar surface area (TPSA) is 33.2 Å². The van der Waals surface area contributed by atoms with Crippen molar-refractivity contribution in [3.63, 3.8) is 0 Å². The van der Waals surface area contributed by atoms with E-state index < -0.39 is 0 Å². The molecule has 0 unspecified atom stereocenters. The lowest BCUT2D eigenvalue weighted by molar-refractivity contribution is 0.0730. The van der Waals surface area contributed by atoms with Crippen LogP contribution in [-0.4, -0.2) is 21.8 Å². The molecule has 1 fully saturated rings. The molecule has 3 aromatic rings. The Kier molecular flexibility index (Phi) is 5.43. The molecule has 1 aromatic carbocycles. The number of nitrogens with zero attached hydrogens (tertiary/aromatic N) is 2. The third-order valence-corrected chi connectivity index (χ3v) is 6.94. The van der Waals surface area contributed by atoms with Gasteiger partial charge in [0.25, 0.3) is 5.91 Å². The van der Waals surface area contributed by atoms with Crippen molar-refractivity contribution < 1.29 is 4.79 Å². The Balaban J connectivity index is 1.40. The number of carbonyl (C=O) groups is 1. The van der Waals surface area contributed by atoms with Crippen LogP contribution in [0, 0.1) is 6.92 Å². The van der Waals surface area contributed by atoms with Gasteiger partial charge in [-0.2, -0.15) is 11.3 Å². The van der Waals surface area contributed by atoms with Crippen LogP contribution in [0.15, 0.2) is 51.4 Å². The molecule has 0 spiro atoms. The maximum Gasteiger partial charge on any atom is 0.254 e. The molecule has 1 aliphatic rings. The summed E-state index contributed by atoms with van der Waals surface area (Å²) in [6.45, 7) is 2.74. The second-order valence-corrected chi connectivity index (χ2v) is 9.36. The molecular formula is C20H20N2OS3. The van der Waals surface area contributed by atoms with E-state index in [1.807, 2.05) is 36.1 Å². The largest absolute Gasteiger partial charge is 0.331 e. The van der Waals surface area contributed by atoms with Crippen LogP contribution in [0.1, 0.15) is 39.5 Å². The molecule has 26 heavy (non-hydrogen) atoms. The number of aryl methyl sites for hydroxylation is 1. The van der Waals surface area contributed by atoms with E-state index >= 15 is 0 Å². The Morgan fingerprint density at radius 3 is 2.65 bits per heavy atom. The lowest BCUT2D eigenvalue weighted by atomic mass is 10.2. The second-order valence-electron chi connectivity index (χ2n) is 6.47. The van der Waals surface area contributed by atoms with Gasteiger partial charge in [-0.1, -0.05) is 0 Å². The van der Waals surface area contributed by atoms with E-state index in [-0.39, 0.29) is 5.91 Å². The predicted molar refractivity (Wildman–Crippen MR) is 110 cm³/mol. The smallest absolute Gasteiger partial charge is 0.254 e. The van der Waals surface area contributed by atoms with E-state index in [4.69, 9.17) is 0 Å². The van der Waals surface area contributed by atoms with Crippen LogP contribution in [0.2, 0.25) is 0 Å². The minimum atomic E-state index is 0.144. The van der Waals surface area contributed by atoms with Crippen molar-refractivity contribution in [1.82, 2.24) is 9.88 Å². The summed E-state index contributed by atoms with van der Waals surface area (Å²) in [5.74, 6) is 1.01. The van der Waals surface area contributed by atoms with E-state index in [0.717, 1.165) is 34.9 Å². The summed E-state index contributed by atoms with van der Waals surface area (Å²) in [7, 11) is 0. The fraction of sp³-hybridized carbons (Fsp3) is 0.300. The Morgan fingerprint density at radius 2 is 2.04 bits per heavy atom. The van der Waals surface area contributed by atoms with Crippen LogP contribution in [-0.2, 0) is 12.3 Å². The Bertz CT molecular complexity index is 867. The summed E-state index contributed by atoms with van der Waals surface area (Å²) in [6.07, 6.45) is 2.24. The molecule has 1 amide bonds. The summed E-state index contributed by atoms with van der Waals surface area (Å²) in [5, 5.41) is 7.41. The minimum Gasteiger partial charge on any atom is -0.331 e. The van der Waals surface area contributed by atoms with Gasteiger partial charge in [0.2, 0.25) is 0 Å². The number of amides is 1. The standard InChI is InChI=1S/C20H20N2OS3/c1-14-21-17(12-25-14)13-26-19-6-2-16(3-7-19)20(23)22(18-4-5-18)10-15-8-9-24-11-15/h2-3,6-9,11-12,18H,4-5,10,13H2,1H3. The van der Waals surface area contributed by atoms with Gasteiger partial charge in [0.15, 0.2) is 0 Å². The first-order valence-corrected chi connectivity index (χ1v) is 11.5. The monoisotopic (exact) mass is 400 g/mol. The van der Waals surface area contributed by atoms with Gasteiger partial charge in [-0.05, 0) is 66.4 Å². The summed E-state index contributed by atoms with van der Waals surface area (Å²) in [6, 6.07) is 10.5. The molecule has 2 aromatic heterocycles. The number of aromatic nitrogens is 1. The maximum absolute atomic E-state index is 13.0. The zero-order valence-electron chi connectivity index (χ0n) is 14.6. The normalized spacial score (nSPS) is 13.7. The van der Waals surface area contributed by atoms with Crippen LogP contribution in [0.5, 0.6) is 0 Å². The molecule has 0 atom stereocenters. The minimum absolute atomic E-state index is 0.144. The number of carbonyl (C=O) groups excluding carboxylic acids is 1. The summed E-state index contributed by atoms with van der Waals surface area (Å²) in [5.41, 5.74) is 3.12. The van der Waals surface area contributed by atoms with Crippen LogP contribution in [0.25, 0.3) is 0 Å². The molecule has 0 aliphatic heterocycles. The summed E-state index contributed by atoms with van der Waals surface area (Å²) < 4.78 is 0. The number of thioether (sulfide) groups is 1. The number of hydrogen-bond donors (Lipinski definition) is 0. The molecule has 0 saturated heterocycles. The third kappa shape index (κ3) is 4.37. The van der Waals surface area contributed by atoms with Gasteiger partial charge in [-0.25, -0.2) is 4.98 Å². The van der Waals surface area contributed by atoms with Crippen molar-refractivity contribution in [3.8, 4) is 0 Å². The molecule has 2 heterocycles. The van der Waals surface area contributed by atoms with E-state index in [9.17, 15) is 4.79 Å². The van der Waals surface area contributed by atoms with Crippen LogP contribution >= 0.6 is 34.4 Å². The lowest BCUT2D eigenvalue weighted by Crippen LogP contribution is -2.32. The first-order valence-electron chi connectivity index (χ1n) is 8.65. The average molecular weight is 401 g/mol. The molecule has 3 nitrogen and oxygen atoms in total. The van der Waals surface area contributed by atoms with Crippen molar-refractivity contribution in [3.05, 3.63) is 68.3 Å². The van der Waals surface area contributed by atoms with Gasteiger partial charge in [0, 0.05) is 34.2 Å². The Hall–Kier alpha value is -1.63. The fourth-order valence-corrected chi connectivity index (χ4v) is 4.99. The number of thiazole rings is 1. The molecule has 6 heteroatoms. The highest BCUT2D eigenvalue weighted by Crippen LogP contribution is 2.31. The maximum atomic E-state index is 13.0. The first-order chi connectivity index (χ1) is 12.7. The van der Waals surface area contributed by atoms with E-state index in [1.54, 1.807) is 34.4 Å². The molecule has 1 aliphatic carbocycles. The zero-order valence-corrected chi connectivity index (χ0v) is 17.0. The van der Waals surface area contributed by atoms with Crippen molar-refractivity contribution in [2.75, 3.05) is 0 Å². The third-order valence-electron chi connectivity index (χ3n) is 4.34. The van der Waals surface area contributed by atoms with E-state index in [0.29, 0.717) is 12.6 Å². The molecule has 1 saturated carbocycles. The highest BCUT2D eigenvalue weighted by molar-refractivity contribution is 7.98. The molecule has 0 bridgehead atoms. The molecule has 0 N–H and O–H groups in total. The number of rotatable bonds is 7. The quantitative estimate of drug-likeness (QED) is 0.483. The highest BCUT2D eigenvalue weighted by Gasteiger charge is 2.33. The van der Waals surface area contributed by atoms with E-state index in [1.165, 1.54) is 10.5 Å². The second kappa shape index (κ2) is 7.94. The van der Waals surface area contributed by atoms with Crippen molar-refractivity contribution in [2.45, 2.75) is 43.0 Å². The highest BCUT2D eigenvalue weighted by atomic mass is 32.2. The lowest BCUT2D eigenvalue weighted by Gasteiger charge is -2.22. The van der Waals surface area contributed by atoms with Gasteiger partial charge in [0.1, 0.15) is 0 Å². The van der Waals surface area contributed by atoms with Gasteiger partial charge < -0.3 is 4.90 Å². The molecule has 4 rings (SSSR count). The van der Waals surface area contributed by atoms with Crippen molar-refractivity contribution in [2.24, 2.45) is 0 Å². The Labute approximate surface area is 166 Å². The van der Waals surface area contributed by atoms with Crippen LogP contribution < -0.4 is 0 Å². The van der Waals surface area contributed by atoms with Crippen molar-refractivity contribution in [1.29, 1.82) is 0 Å². The fourth-order valence-electron chi connectivity index (χ4n) is 2.82. The molecule has 134 valence electrons. The van der Waals surface area contributed by atoms with Crippen molar-refractivity contribution >= 4 is 40.3 Å². The average Bonchev–Trinajstić information content (AvgIpc) is 3.20. The number of thiophene rings is 1. The van der Waals surface area contributed by atoms with Gasteiger partial charge in [-0.3, -0.25) is 4.79 Å². The molecular weight excluding hydrogens is 380 g/mol. The zero-order chi connectivity index (χ0) is 17.9. The summed E-state index contributed by atoms with van der Waals surface area (Å²) in [4.78, 5) is 20.7. The van der Waals surface area contributed by atoms with Crippen LogP contribution in [0.4, 0.5) is 0 Å². The first kappa shape index (κ1) is 17.8. The molecule has 0 radical (unpaired) electrons.